The highest BCUT2D eigenvalue weighted by molar-refractivity contribution is 6.33. The number of alkyl halides is 1. The highest BCUT2D eigenvalue weighted by atomic mass is 35.5. The maximum atomic E-state index is 11.9. The van der Waals surface area contributed by atoms with Crippen molar-refractivity contribution in [3.8, 4) is 0 Å². The fraction of sp³-hybridized carbons (Fsp3) is 0.0769. The summed E-state index contributed by atoms with van der Waals surface area (Å²) in [6, 6.07) is 10.4. The fourth-order valence-corrected chi connectivity index (χ4v) is 1.75. The van der Waals surface area contributed by atoms with E-state index in [1.165, 1.54) is 0 Å². The molecule has 18 heavy (non-hydrogen) atoms. The zero-order chi connectivity index (χ0) is 13.0. The van der Waals surface area contributed by atoms with Crippen LogP contribution in [-0.2, 0) is 5.88 Å². The molecule has 0 bridgehead atoms. The second-order valence-corrected chi connectivity index (χ2v) is 4.29. The van der Waals surface area contributed by atoms with Crippen LogP contribution in [-0.4, -0.2) is 10.9 Å². The van der Waals surface area contributed by atoms with Crippen molar-refractivity contribution >= 4 is 34.9 Å². The van der Waals surface area contributed by atoms with Gasteiger partial charge in [-0.05, 0) is 29.8 Å². The molecule has 0 fully saturated rings. The minimum Gasteiger partial charge on any atom is -0.305 e. The van der Waals surface area contributed by atoms with Crippen molar-refractivity contribution in [3.05, 3.63) is 58.7 Å². The number of pyridine rings is 1. The van der Waals surface area contributed by atoms with Gasteiger partial charge in [-0.1, -0.05) is 23.7 Å². The van der Waals surface area contributed by atoms with E-state index in [1.54, 1.807) is 30.5 Å². The second-order valence-electron chi connectivity index (χ2n) is 3.62. The summed E-state index contributed by atoms with van der Waals surface area (Å²) in [5.41, 5.74) is 1.50. The number of anilines is 1. The van der Waals surface area contributed by atoms with Crippen LogP contribution in [0.4, 0.5) is 5.82 Å². The Bertz CT molecular complexity index is 555. The first-order valence-corrected chi connectivity index (χ1v) is 6.18. The molecule has 1 heterocycles. The van der Waals surface area contributed by atoms with E-state index in [0.29, 0.717) is 22.3 Å². The Labute approximate surface area is 115 Å². The topological polar surface area (TPSA) is 42.0 Å². The molecule has 0 aliphatic heterocycles. The number of aromatic nitrogens is 1. The minimum atomic E-state index is -0.253. The molecular weight excluding hydrogens is 271 g/mol. The predicted octanol–water partition coefficient (Wildman–Crippen LogP) is 3.73. The first-order valence-electron chi connectivity index (χ1n) is 5.27. The fourth-order valence-electron chi connectivity index (χ4n) is 1.40. The molecule has 0 atom stereocenters. The number of hydrogen-bond donors (Lipinski definition) is 1. The molecule has 0 saturated carbocycles. The maximum absolute atomic E-state index is 11.9. The average Bonchev–Trinajstić information content (AvgIpc) is 2.41. The van der Waals surface area contributed by atoms with Gasteiger partial charge in [0.1, 0.15) is 0 Å². The first kappa shape index (κ1) is 12.9. The molecule has 1 N–H and O–H groups in total. The molecule has 0 aliphatic carbocycles. The van der Waals surface area contributed by atoms with Gasteiger partial charge in [0.2, 0.25) is 0 Å². The van der Waals surface area contributed by atoms with E-state index in [4.69, 9.17) is 23.2 Å². The molecular formula is C13H10Cl2N2O. The average molecular weight is 281 g/mol. The zero-order valence-corrected chi connectivity index (χ0v) is 10.9. The second kappa shape index (κ2) is 5.85. The Hall–Kier alpha value is -1.58. The lowest BCUT2D eigenvalue weighted by Gasteiger charge is -2.06. The molecule has 5 heteroatoms. The molecule has 0 saturated heterocycles. The lowest BCUT2D eigenvalue weighted by atomic mass is 10.1. The molecule has 0 radical (unpaired) electrons. The molecule has 1 amide bonds. The molecule has 1 aromatic heterocycles. The van der Waals surface area contributed by atoms with Crippen LogP contribution in [0.25, 0.3) is 0 Å². The van der Waals surface area contributed by atoms with Crippen molar-refractivity contribution in [2.75, 3.05) is 5.32 Å². The molecule has 3 nitrogen and oxygen atoms in total. The summed E-state index contributed by atoms with van der Waals surface area (Å²) in [7, 11) is 0. The number of nitrogens with one attached hydrogen (secondary N) is 1. The third kappa shape index (κ3) is 3.00. The van der Waals surface area contributed by atoms with Crippen LogP contribution in [0.3, 0.4) is 0 Å². The third-order valence-electron chi connectivity index (χ3n) is 2.36. The van der Waals surface area contributed by atoms with Crippen molar-refractivity contribution in [1.29, 1.82) is 0 Å². The summed E-state index contributed by atoms with van der Waals surface area (Å²) in [4.78, 5) is 15.9. The number of carbonyl (C=O) groups is 1. The molecule has 2 aromatic rings. The van der Waals surface area contributed by atoms with E-state index in [-0.39, 0.29) is 5.91 Å². The van der Waals surface area contributed by atoms with Crippen molar-refractivity contribution in [2.24, 2.45) is 0 Å². The molecule has 2 rings (SSSR count). The number of hydrogen-bond acceptors (Lipinski definition) is 2. The van der Waals surface area contributed by atoms with Crippen LogP contribution < -0.4 is 5.32 Å². The SMILES string of the molecule is O=C(Nc1ncccc1Cl)c1ccc(CCl)cc1. The molecule has 0 spiro atoms. The van der Waals surface area contributed by atoms with Crippen LogP contribution in [0.15, 0.2) is 42.6 Å². The van der Waals surface area contributed by atoms with E-state index in [1.807, 2.05) is 12.1 Å². The number of rotatable bonds is 3. The number of carbonyl (C=O) groups excluding carboxylic acids is 1. The quantitative estimate of drug-likeness (QED) is 0.871. The Balaban J connectivity index is 2.14. The number of amides is 1. The van der Waals surface area contributed by atoms with E-state index >= 15 is 0 Å². The van der Waals surface area contributed by atoms with Crippen LogP contribution in [0.5, 0.6) is 0 Å². The van der Waals surface area contributed by atoms with Gasteiger partial charge in [-0.3, -0.25) is 4.79 Å². The van der Waals surface area contributed by atoms with Gasteiger partial charge < -0.3 is 5.32 Å². The van der Waals surface area contributed by atoms with Gasteiger partial charge in [0.05, 0.1) is 5.02 Å². The minimum absolute atomic E-state index is 0.253. The molecule has 0 aliphatic rings. The Morgan fingerprint density at radius 3 is 2.56 bits per heavy atom. The highest BCUT2D eigenvalue weighted by Crippen LogP contribution is 2.18. The number of halogens is 2. The summed E-state index contributed by atoms with van der Waals surface area (Å²) in [6.07, 6.45) is 1.57. The number of nitrogens with zero attached hydrogens (tertiary/aromatic N) is 1. The van der Waals surface area contributed by atoms with E-state index in [0.717, 1.165) is 5.56 Å². The first-order chi connectivity index (χ1) is 8.70. The van der Waals surface area contributed by atoms with Gasteiger partial charge >= 0.3 is 0 Å². The normalized spacial score (nSPS) is 10.1. The van der Waals surface area contributed by atoms with Gasteiger partial charge in [-0.2, -0.15) is 0 Å². The van der Waals surface area contributed by atoms with Crippen molar-refractivity contribution in [3.63, 3.8) is 0 Å². The van der Waals surface area contributed by atoms with Crippen LogP contribution in [0, 0.1) is 0 Å². The van der Waals surface area contributed by atoms with Crippen LogP contribution in [0.1, 0.15) is 15.9 Å². The summed E-state index contributed by atoms with van der Waals surface area (Å²) in [5, 5.41) is 3.05. The summed E-state index contributed by atoms with van der Waals surface area (Å²) >= 11 is 11.6. The Kier molecular flexibility index (Phi) is 4.18. The van der Waals surface area contributed by atoms with Gasteiger partial charge in [0.15, 0.2) is 5.82 Å². The Morgan fingerprint density at radius 2 is 1.94 bits per heavy atom. The lowest BCUT2D eigenvalue weighted by Crippen LogP contribution is -2.13. The maximum Gasteiger partial charge on any atom is 0.256 e. The van der Waals surface area contributed by atoms with Crippen molar-refractivity contribution < 1.29 is 4.79 Å². The van der Waals surface area contributed by atoms with Gasteiger partial charge in [0.25, 0.3) is 5.91 Å². The van der Waals surface area contributed by atoms with Crippen molar-refractivity contribution in [1.82, 2.24) is 4.98 Å². The standard InChI is InChI=1S/C13H10Cl2N2O/c14-8-9-3-5-10(6-4-9)13(18)17-12-11(15)2-1-7-16-12/h1-7H,8H2,(H,16,17,18). The van der Waals surface area contributed by atoms with Gasteiger partial charge in [0, 0.05) is 17.6 Å². The van der Waals surface area contributed by atoms with Crippen LogP contribution >= 0.6 is 23.2 Å². The Morgan fingerprint density at radius 1 is 1.22 bits per heavy atom. The van der Waals surface area contributed by atoms with Gasteiger partial charge in [-0.15, -0.1) is 11.6 Å². The highest BCUT2D eigenvalue weighted by Gasteiger charge is 2.08. The van der Waals surface area contributed by atoms with E-state index < -0.39 is 0 Å². The molecule has 92 valence electrons. The summed E-state index contributed by atoms with van der Waals surface area (Å²) in [5.74, 6) is 0.524. The van der Waals surface area contributed by atoms with Crippen molar-refractivity contribution in [2.45, 2.75) is 5.88 Å². The third-order valence-corrected chi connectivity index (χ3v) is 2.97. The summed E-state index contributed by atoms with van der Waals surface area (Å²) in [6.45, 7) is 0. The zero-order valence-electron chi connectivity index (χ0n) is 9.36. The van der Waals surface area contributed by atoms with E-state index in [2.05, 4.69) is 10.3 Å². The molecule has 0 unspecified atom stereocenters. The smallest absolute Gasteiger partial charge is 0.256 e. The largest absolute Gasteiger partial charge is 0.305 e. The molecule has 1 aromatic carbocycles. The van der Waals surface area contributed by atoms with Gasteiger partial charge in [-0.25, -0.2) is 4.98 Å². The summed E-state index contributed by atoms with van der Waals surface area (Å²) < 4.78 is 0. The monoisotopic (exact) mass is 280 g/mol. The van der Waals surface area contributed by atoms with Crippen LogP contribution in [0.2, 0.25) is 5.02 Å². The predicted molar refractivity (Wildman–Crippen MR) is 73.2 cm³/mol. The lowest BCUT2D eigenvalue weighted by molar-refractivity contribution is 0.102. The van der Waals surface area contributed by atoms with E-state index in [9.17, 15) is 4.79 Å². The number of benzene rings is 1.